The van der Waals surface area contributed by atoms with Crippen LogP contribution in [0.4, 0.5) is 0 Å². The number of carboxylic acid groups (broad SMARTS) is 1. The van der Waals surface area contributed by atoms with Crippen LogP contribution in [0.2, 0.25) is 0 Å². The number of carbonyl (C=O) groups is 1. The zero-order chi connectivity index (χ0) is 19.4. The van der Waals surface area contributed by atoms with E-state index in [0.29, 0.717) is 5.92 Å². The number of aliphatic hydroxyl groups is 1. The van der Waals surface area contributed by atoms with Crippen molar-refractivity contribution in [3.8, 4) is 0 Å². The fraction of sp³-hybridized carbons (Fsp3) is 0.500. The normalized spacial score (nSPS) is 15.4. The highest BCUT2D eigenvalue weighted by molar-refractivity contribution is 5.72. The predicted octanol–water partition coefficient (Wildman–Crippen LogP) is 5.30. The molecular weight excluding hydrogens is 328 g/mol. The second-order valence-corrected chi connectivity index (χ2v) is 7.05. The molecule has 4 nitrogen and oxygen atoms in total. The van der Waals surface area contributed by atoms with Gasteiger partial charge >= 0.3 is 5.97 Å². The topological polar surface area (TPSA) is 70.7 Å². The average Bonchev–Trinajstić information content (AvgIpc) is 3.08. The van der Waals surface area contributed by atoms with E-state index < -0.39 is 12.1 Å². The molecule has 1 aromatic heterocycles. The Morgan fingerprint density at radius 1 is 1.31 bits per heavy atom. The number of carboxylic acids is 1. The van der Waals surface area contributed by atoms with E-state index in [1.165, 1.54) is 11.1 Å². The van der Waals surface area contributed by atoms with E-state index >= 15 is 0 Å². The summed E-state index contributed by atoms with van der Waals surface area (Å²) in [6.45, 7) is 6.19. The summed E-state index contributed by atoms with van der Waals surface area (Å²) in [5.74, 6) is -0.709. The van der Waals surface area contributed by atoms with Gasteiger partial charge in [-0.1, -0.05) is 42.4 Å². The fourth-order valence-corrected chi connectivity index (χ4v) is 2.66. The molecule has 0 aliphatic rings. The first-order valence-electron chi connectivity index (χ1n) is 9.30. The molecule has 4 heteroatoms. The molecule has 0 unspecified atom stereocenters. The largest absolute Gasteiger partial charge is 0.479 e. The molecule has 0 aliphatic heterocycles. The van der Waals surface area contributed by atoms with Gasteiger partial charge in [-0.25, -0.2) is 4.79 Å². The van der Waals surface area contributed by atoms with Gasteiger partial charge in [-0.15, -0.1) is 0 Å². The molecule has 2 N–H and O–H groups in total. The molecule has 0 saturated heterocycles. The Balaban J connectivity index is 2.24. The first-order chi connectivity index (χ1) is 12.4. The highest BCUT2D eigenvalue weighted by Crippen LogP contribution is 2.13. The van der Waals surface area contributed by atoms with Gasteiger partial charge in [0.15, 0.2) is 6.10 Å². The van der Waals surface area contributed by atoms with Crippen LogP contribution in [0.1, 0.15) is 58.4 Å². The molecule has 1 heterocycles. The Morgan fingerprint density at radius 3 is 2.73 bits per heavy atom. The molecule has 0 aliphatic carbocycles. The van der Waals surface area contributed by atoms with Crippen LogP contribution < -0.4 is 0 Å². The number of rotatable bonds is 12. The predicted molar refractivity (Wildman–Crippen MR) is 105 cm³/mol. The lowest BCUT2D eigenvalue weighted by Crippen LogP contribution is -2.19. The molecule has 0 fully saturated rings. The average molecular weight is 360 g/mol. The Bertz CT molecular complexity index is 608. The van der Waals surface area contributed by atoms with Crippen LogP contribution >= 0.6 is 0 Å². The van der Waals surface area contributed by atoms with Crippen molar-refractivity contribution in [3.63, 3.8) is 0 Å². The van der Waals surface area contributed by atoms with Crippen molar-refractivity contribution in [1.82, 2.24) is 0 Å². The first kappa shape index (κ1) is 22.0. The van der Waals surface area contributed by atoms with Gasteiger partial charge in [0.1, 0.15) is 0 Å². The molecular formula is C22H32O4. The Kier molecular flexibility index (Phi) is 10.4. The smallest absolute Gasteiger partial charge is 0.332 e. The van der Waals surface area contributed by atoms with Crippen LogP contribution in [0.25, 0.3) is 0 Å². The van der Waals surface area contributed by atoms with Crippen molar-refractivity contribution < 1.29 is 19.4 Å². The van der Waals surface area contributed by atoms with E-state index in [1.807, 2.05) is 19.1 Å². The van der Waals surface area contributed by atoms with Crippen molar-refractivity contribution >= 4 is 5.97 Å². The van der Waals surface area contributed by atoms with Gasteiger partial charge in [-0.2, -0.15) is 0 Å². The summed E-state index contributed by atoms with van der Waals surface area (Å²) in [5.41, 5.74) is 3.54. The van der Waals surface area contributed by atoms with E-state index in [1.54, 1.807) is 12.5 Å². The lowest BCUT2D eigenvalue weighted by atomic mass is 10.0. The molecule has 1 aromatic rings. The summed E-state index contributed by atoms with van der Waals surface area (Å²) >= 11 is 0. The van der Waals surface area contributed by atoms with E-state index in [4.69, 9.17) is 9.52 Å². The Labute approximate surface area is 156 Å². The van der Waals surface area contributed by atoms with Gasteiger partial charge in [0.25, 0.3) is 0 Å². The molecule has 0 amide bonds. The van der Waals surface area contributed by atoms with Gasteiger partial charge in [-0.3, -0.25) is 0 Å². The minimum Gasteiger partial charge on any atom is -0.479 e. The maximum Gasteiger partial charge on any atom is 0.332 e. The lowest BCUT2D eigenvalue weighted by Gasteiger charge is -2.07. The lowest BCUT2D eigenvalue weighted by molar-refractivity contribution is -0.146. The molecule has 0 spiro atoms. The van der Waals surface area contributed by atoms with E-state index in [2.05, 4.69) is 32.1 Å². The van der Waals surface area contributed by atoms with E-state index in [9.17, 15) is 9.90 Å². The summed E-state index contributed by atoms with van der Waals surface area (Å²) < 4.78 is 5.07. The van der Waals surface area contributed by atoms with Crippen molar-refractivity contribution in [1.29, 1.82) is 0 Å². The molecule has 0 bridgehead atoms. The number of aliphatic carboxylic acids is 1. The molecule has 0 saturated carbocycles. The van der Waals surface area contributed by atoms with Gasteiger partial charge in [-0.05, 0) is 63.5 Å². The monoisotopic (exact) mass is 360 g/mol. The second kappa shape index (κ2) is 12.3. The quantitative estimate of drug-likeness (QED) is 0.392. The van der Waals surface area contributed by atoms with Crippen molar-refractivity contribution in [3.05, 3.63) is 59.6 Å². The minimum atomic E-state index is -1.30. The zero-order valence-electron chi connectivity index (χ0n) is 16.1. The van der Waals surface area contributed by atoms with Crippen LogP contribution in [0, 0.1) is 5.92 Å². The van der Waals surface area contributed by atoms with Crippen LogP contribution in [0.5, 0.6) is 0 Å². The van der Waals surface area contributed by atoms with Crippen LogP contribution in [0.3, 0.4) is 0 Å². The van der Waals surface area contributed by atoms with Gasteiger partial charge in [0.05, 0.1) is 12.5 Å². The maximum atomic E-state index is 10.6. The Hall–Kier alpha value is -2.07. The number of allylic oxidation sites excluding steroid dienone is 5. The molecule has 144 valence electrons. The number of aryl methyl sites for hydroxylation is 1. The van der Waals surface area contributed by atoms with Crippen LogP contribution in [-0.4, -0.2) is 22.3 Å². The minimum absolute atomic E-state index is 0.195. The highest BCUT2D eigenvalue weighted by Gasteiger charge is 2.12. The molecule has 0 aromatic carbocycles. The molecule has 1 rings (SSSR count). The number of furan rings is 1. The molecule has 26 heavy (non-hydrogen) atoms. The van der Waals surface area contributed by atoms with Gasteiger partial charge < -0.3 is 14.6 Å². The summed E-state index contributed by atoms with van der Waals surface area (Å²) in [7, 11) is 0. The van der Waals surface area contributed by atoms with Crippen molar-refractivity contribution in [2.75, 3.05) is 0 Å². The van der Waals surface area contributed by atoms with Crippen molar-refractivity contribution in [2.24, 2.45) is 5.92 Å². The third-order valence-electron chi connectivity index (χ3n) is 4.35. The number of hydrogen-bond acceptors (Lipinski definition) is 3. The summed E-state index contributed by atoms with van der Waals surface area (Å²) in [6.07, 6.45) is 16.1. The van der Waals surface area contributed by atoms with Crippen LogP contribution in [0.15, 0.2) is 58.5 Å². The van der Waals surface area contributed by atoms with E-state index in [0.717, 1.165) is 37.7 Å². The number of hydrogen-bond donors (Lipinski definition) is 2. The summed E-state index contributed by atoms with van der Waals surface area (Å²) in [4.78, 5) is 10.6. The third kappa shape index (κ3) is 10.0. The summed E-state index contributed by atoms with van der Waals surface area (Å²) in [5, 5.41) is 18.0. The summed E-state index contributed by atoms with van der Waals surface area (Å²) in [6, 6.07) is 2.01. The fourth-order valence-electron chi connectivity index (χ4n) is 2.66. The SMILES string of the molecule is CC(=CC=C[C@@H](C)CCC=C(C)C[C@@H](O)C(=O)O)CCCc1ccoc1. The standard InChI is InChI=1S/C22H32O4/c1-17(9-5-11-19(3)15-21(23)22(24)25)7-4-8-18(2)10-6-12-20-13-14-26-16-20/h4,7-8,11,13-14,16-17,21,23H,5-6,9-10,12,15H2,1-3H3,(H,24,25)/t17-,21-/m1/s1. The Morgan fingerprint density at radius 2 is 2.08 bits per heavy atom. The van der Waals surface area contributed by atoms with Gasteiger partial charge in [0.2, 0.25) is 0 Å². The van der Waals surface area contributed by atoms with E-state index in [-0.39, 0.29) is 6.42 Å². The molecule has 2 atom stereocenters. The first-order valence-corrected chi connectivity index (χ1v) is 9.30. The maximum absolute atomic E-state index is 10.6. The second-order valence-electron chi connectivity index (χ2n) is 7.05. The highest BCUT2D eigenvalue weighted by atomic mass is 16.4. The zero-order valence-corrected chi connectivity index (χ0v) is 16.1. The molecule has 0 radical (unpaired) electrons. The number of aliphatic hydroxyl groups excluding tert-OH is 1. The van der Waals surface area contributed by atoms with Crippen molar-refractivity contribution in [2.45, 2.75) is 65.4 Å². The van der Waals surface area contributed by atoms with Crippen LogP contribution in [-0.2, 0) is 11.2 Å². The third-order valence-corrected chi connectivity index (χ3v) is 4.35. The van der Waals surface area contributed by atoms with Gasteiger partial charge in [0, 0.05) is 6.42 Å².